The van der Waals surface area contributed by atoms with Crippen LogP contribution in [0.4, 0.5) is 0 Å². The first kappa shape index (κ1) is 21.8. The number of aromatic nitrogens is 1. The summed E-state index contributed by atoms with van der Waals surface area (Å²) in [6.45, 7) is 6.72. The number of nitrogens with zero attached hydrogens (tertiary/aromatic N) is 3. The van der Waals surface area contributed by atoms with Gasteiger partial charge in [-0.3, -0.25) is 14.6 Å². The molecule has 0 unspecified atom stereocenters. The van der Waals surface area contributed by atoms with Gasteiger partial charge in [0.25, 0.3) is 5.91 Å². The maximum atomic E-state index is 12.7. The third kappa shape index (κ3) is 5.16. The van der Waals surface area contributed by atoms with E-state index < -0.39 is 0 Å². The molecule has 1 saturated heterocycles. The molecule has 4 aromatic rings. The molecule has 1 aliphatic rings. The molecule has 170 valence electrons. The van der Waals surface area contributed by atoms with Crippen LogP contribution >= 0.6 is 11.3 Å². The number of piperazine rings is 1. The molecule has 0 radical (unpaired) electrons. The molecule has 33 heavy (non-hydrogen) atoms. The van der Waals surface area contributed by atoms with Gasteiger partial charge in [-0.15, -0.1) is 11.3 Å². The van der Waals surface area contributed by atoms with Gasteiger partial charge in [0, 0.05) is 62.7 Å². The molecule has 3 heterocycles. The number of fused-ring (bicyclic) bond motifs is 2. The third-order valence-electron chi connectivity index (χ3n) is 6.16. The van der Waals surface area contributed by atoms with E-state index in [1.165, 1.54) is 16.9 Å². The molecule has 5 rings (SSSR count). The molecule has 0 spiro atoms. The van der Waals surface area contributed by atoms with Crippen molar-refractivity contribution >= 4 is 38.4 Å². The highest BCUT2D eigenvalue weighted by Gasteiger charge is 2.17. The van der Waals surface area contributed by atoms with Crippen LogP contribution in [0.2, 0.25) is 0 Å². The molecule has 1 N–H and O–H groups in total. The summed E-state index contributed by atoms with van der Waals surface area (Å²) in [5, 5.41) is 5.13. The first-order valence-electron chi connectivity index (χ1n) is 11.3. The standard InChI is InChI=1S/C26H28N4O2S/c1-32-22-8-7-20-15-21-16-24(33-26(21)28-23(20)17-22)25(31)27-9-10-29-11-13-30(14-12-29)18-19-5-3-2-4-6-19/h2-8,15-17H,9-14,18H2,1H3,(H,27,31). The van der Waals surface area contributed by atoms with Gasteiger partial charge >= 0.3 is 0 Å². The summed E-state index contributed by atoms with van der Waals surface area (Å²) in [5.74, 6) is 0.757. The Bertz CT molecular complexity index is 1250. The summed E-state index contributed by atoms with van der Waals surface area (Å²) in [6, 6.07) is 20.5. The highest BCUT2D eigenvalue weighted by Crippen LogP contribution is 2.29. The number of nitrogens with one attached hydrogen (secondary N) is 1. The summed E-state index contributed by atoms with van der Waals surface area (Å²) in [6.07, 6.45) is 0. The zero-order valence-corrected chi connectivity index (χ0v) is 19.6. The Labute approximate surface area is 197 Å². The highest BCUT2D eigenvalue weighted by atomic mass is 32.1. The fourth-order valence-electron chi connectivity index (χ4n) is 4.27. The number of hydrogen-bond donors (Lipinski definition) is 1. The van der Waals surface area contributed by atoms with Crippen LogP contribution in [-0.2, 0) is 6.54 Å². The van der Waals surface area contributed by atoms with Gasteiger partial charge in [-0.25, -0.2) is 4.98 Å². The number of rotatable bonds is 7. The van der Waals surface area contributed by atoms with Gasteiger partial charge in [0.15, 0.2) is 0 Å². The van der Waals surface area contributed by atoms with Crippen molar-refractivity contribution in [3.63, 3.8) is 0 Å². The van der Waals surface area contributed by atoms with Crippen molar-refractivity contribution in [3.8, 4) is 5.75 Å². The van der Waals surface area contributed by atoms with Gasteiger partial charge in [0.05, 0.1) is 17.5 Å². The first-order chi connectivity index (χ1) is 16.2. The number of pyridine rings is 1. The van der Waals surface area contributed by atoms with Crippen LogP contribution in [0.15, 0.2) is 60.7 Å². The van der Waals surface area contributed by atoms with E-state index in [4.69, 9.17) is 9.72 Å². The number of carbonyl (C=O) groups excluding carboxylic acids is 1. The average molecular weight is 461 g/mol. The van der Waals surface area contributed by atoms with Crippen molar-refractivity contribution in [2.24, 2.45) is 0 Å². The number of hydrogen-bond acceptors (Lipinski definition) is 6. The summed E-state index contributed by atoms with van der Waals surface area (Å²) in [5.41, 5.74) is 2.24. The maximum Gasteiger partial charge on any atom is 0.261 e. The molecular weight excluding hydrogens is 432 g/mol. The van der Waals surface area contributed by atoms with Crippen molar-refractivity contribution in [2.75, 3.05) is 46.4 Å². The zero-order valence-electron chi connectivity index (χ0n) is 18.8. The minimum atomic E-state index is -0.0256. The van der Waals surface area contributed by atoms with Crippen LogP contribution in [0.5, 0.6) is 5.75 Å². The number of ether oxygens (including phenoxy) is 1. The van der Waals surface area contributed by atoms with Crippen LogP contribution in [-0.4, -0.2) is 67.1 Å². The smallest absolute Gasteiger partial charge is 0.261 e. The monoisotopic (exact) mass is 460 g/mol. The molecule has 1 amide bonds. The van der Waals surface area contributed by atoms with Gasteiger partial charge in [-0.1, -0.05) is 30.3 Å². The Balaban J connectivity index is 1.12. The van der Waals surface area contributed by atoms with E-state index in [1.54, 1.807) is 7.11 Å². The van der Waals surface area contributed by atoms with E-state index in [2.05, 4.69) is 51.5 Å². The van der Waals surface area contributed by atoms with Crippen molar-refractivity contribution in [2.45, 2.75) is 6.54 Å². The van der Waals surface area contributed by atoms with Crippen LogP contribution < -0.4 is 10.1 Å². The minimum Gasteiger partial charge on any atom is -0.497 e. The van der Waals surface area contributed by atoms with Crippen LogP contribution in [0.25, 0.3) is 21.1 Å². The van der Waals surface area contributed by atoms with Crippen molar-refractivity contribution in [3.05, 3.63) is 71.1 Å². The van der Waals surface area contributed by atoms with E-state index in [9.17, 15) is 4.79 Å². The zero-order chi connectivity index (χ0) is 22.6. The molecule has 0 saturated carbocycles. The molecule has 0 aliphatic carbocycles. The summed E-state index contributed by atoms with van der Waals surface area (Å²) >= 11 is 1.44. The molecule has 0 atom stereocenters. The van der Waals surface area contributed by atoms with Gasteiger partial charge in [0.1, 0.15) is 10.6 Å². The van der Waals surface area contributed by atoms with E-state index >= 15 is 0 Å². The Hall–Kier alpha value is -3.00. The molecule has 7 heteroatoms. The largest absolute Gasteiger partial charge is 0.497 e. The number of amides is 1. The molecular formula is C26H28N4O2S. The Morgan fingerprint density at radius 3 is 2.58 bits per heavy atom. The van der Waals surface area contributed by atoms with Crippen LogP contribution in [0, 0.1) is 0 Å². The fourth-order valence-corrected chi connectivity index (χ4v) is 5.21. The van der Waals surface area contributed by atoms with Crippen LogP contribution in [0.1, 0.15) is 15.2 Å². The van der Waals surface area contributed by atoms with Crippen molar-refractivity contribution in [1.82, 2.24) is 20.1 Å². The van der Waals surface area contributed by atoms with E-state index in [0.29, 0.717) is 11.4 Å². The summed E-state index contributed by atoms with van der Waals surface area (Å²) in [4.78, 5) is 23.9. The number of methoxy groups -OCH3 is 1. The van der Waals surface area contributed by atoms with Gasteiger partial charge in [0.2, 0.25) is 0 Å². The lowest BCUT2D eigenvalue weighted by Crippen LogP contribution is -2.48. The SMILES string of the molecule is COc1ccc2cc3cc(C(=O)NCCN4CCN(Cc5ccccc5)CC4)sc3nc2c1. The second kappa shape index (κ2) is 9.87. The Morgan fingerprint density at radius 1 is 1.00 bits per heavy atom. The Morgan fingerprint density at radius 2 is 1.79 bits per heavy atom. The lowest BCUT2D eigenvalue weighted by Gasteiger charge is -2.34. The number of thiophene rings is 1. The average Bonchev–Trinajstić information content (AvgIpc) is 3.27. The minimum absolute atomic E-state index is 0.0256. The quantitative estimate of drug-likeness (QED) is 0.452. The second-order valence-electron chi connectivity index (χ2n) is 8.41. The second-order valence-corrected chi connectivity index (χ2v) is 9.44. The summed E-state index contributed by atoms with van der Waals surface area (Å²) < 4.78 is 5.30. The molecule has 2 aromatic heterocycles. The van der Waals surface area contributed by atoms with Crippen molar-refractivity contribution in [1.29, 1.82) is 0 Å². The Kier molecular flexibility index (Phi) is 6.53. The normalized spacial score (nSPS) is 15.2. The van der Waals surface area contributed by atoms with Crippen molar-refractivity contribution < 1.29 is 9.53 Å². The topological polar surface area (TPSA) is 57.7 Å². The maximum absolute atomic E-state index is 12.7. The molecule has 1 aliphatic heterocycles. The molecule has 6 nitrogen and oxygen atoms in total. The highest BCUT2D eigenvalue weighted by molar-refractivity contribution is 7.20. The van der Waals surface area contributed by atoms with E-state index in [0.717, 1.165) is 66.1 Å². The third-order valence-corrected chi connectivity index (χ3v) is 7.21. The fraction of sp³-hybridized carbons (Fsp3) is 0.308. The van der Waals surface area contributed by atoms with E-state index in [1.807, 2.05) is 24.3 Å². The van der Waals surface area contributed by atoms with Gasteiger partial charge in [-0.2, -0.15) is 0 Å². The number of carbonyl (C=O) groups is 1. The van der Waals surface area contributed by atoms with E-state index in [-0.39, 0.29) is 5.91 Å². The van der Waals surface area contributed by atoms with Gasteiger partial charge in [-0.05, 0) is 29.8 Å². The predicted molar refractivity (Wildman–Crippen MR) is 134 cm³/mol. The predicted octanol–water partition coefficient (Wildman–Crippen LogP) is 4.01. The van der Waals surface area contributed by atoms with Gasteiger partial charge < -0.3 is 10.1 Å². The lowest BCUT2D eigenvalue weighted by atomic mass is 10.2. The number of benzene rings is 2. The molecule has 0 bridgehead atoms. The molecule has 1 fully saturated rings. The van der Waals surface area contributed by atoms with Crippen LogP contribution in [0.3, 0.4) is 0 Å². The lowest BCUT2D eigenvalue weighted by molar-refractivity contribution is 0.0938. The summed E-state index contributed by atoms with van der Waals surface area (Å²) in [7, 11) is 1.65. The molecule has 2 aromatic carbocycles. The first-order valence-corrected chi connectivity index (χ1v) is 12.1.